The summed E-state index contributed by atoms with van der Waals surface area (Å²) in [7, 11) is 0. The van der Waals surface area contributed by atoms with Crippen molar-refractivity contribution in [3.63, 3.8) is 0 Å². The van der Waals surface area contributed by atoms with E-state index >= 15 is 0 Å². The summed E-state index contributed by atoms with van der Waals surface area (Å²) >= 11 is 7.45. The second kappa shape index (κ2) is 13.2. The van der Waals surface area contributed by atoms with E-state index in [-0.39, 0.29) is 27.9 Å². The highest BCUT2D eigenvalue weighted by Crippen LogP contribution is 2.40. The number of nitrogens with one attached hydrogen (secondary N) is 2. The number of amides is 2. The molecule has 0 saturated heterocycles. The van der Waals surface area contributed by atoms with Crippen LogP contribution < -0.4 is 15.5 Å². The monoisotopic (exact) mass is 617 g/mol. The van der Waals surface area contributed by atoms with Crippen LogP contribution in [0.25, 0.3) is 10.8 Å². The molecule has 2 N–H and O–H groups in total. The van der Waals surface area contributed by atoms with Gasteiger partial charge in [-0.3, -0.25) is 9.59 Å². The standard InChI is InChI=1S/C32H28ClN3O6S/c1-3-41-32(40)27-22-14-12-18(2)16-26(22)43-30(27)35-28(37)29(38)36-34-17-23-20-9-5-4-8-19(20)13-15-25(23)42-31(39)21-10-6-7-11-24(21)33/h4-11,13,15,17-18H,3,12,14,16H2,1-2H3,(H,35,37)(H,36,38)/b34-17-/t18-/m0/s1. The van der Waals surface area contributed by atoms with E-state index in [0.29, 0.717) is 28.9 Å². The molecule has 1 atom stereocenters. The van der Waals surface area contributed by atoms with Gasteiger partial charge in [-0.2, -0.15) is 5.10 Å². The zero-order valence-corrected chi connectivity index (χ0v) is 25.0. The number of fused-ring (bicyclic) bond motifs is 2. The molecule has 0 fully saturated rings. The Morgan fingerprint density at radius 2 is 1.79 bits per heavy atom. The first kappa shape index (κ1) is 29.9. The summed E-state index contributed by atoms with van der Waals surface area (Å²) in [6.07, 6.45) is 3.70. The summed E-state index contributed by atoms with van der Waals surface area (Å²) in [5, 5.41) is 8.62. The largest absolute Gasteiger partial charge is 0.462 e. The number of halogens is 1. The number of rotatable bonds is 7. The van der Waals surface area contributed by atoms with Crippen molar-refractivity contribution in [1.29, 1.82) is 0 Å². The summed E-state index contributed by atoms with van der Waals surface area (Å²) < 4.78 is 10.9. The lowest BCUT2D eigenvalue weighted by Gasteiger charge is -2.18. The van der Waals surface area contributed by atoms with Crippen molar-refractivity contribution in [2.75, 3.05) is 11.9 Å². The van der Waals surface area contributed by atoms with Gasteiger partial charge < -0.3 is 14.8 Å². The molecule has 220 valence electrons. The maximum Gasteiger partial charge on any atom is 0.345 e. The van der Waals surface area contributed by atoms with E-state index in [1.165, 1.54) is 17.6 Å². The minimum Gasteiger partial charge on any atom is -0.462 e. The summed E-state index contributed by atoms with van der Waals surface area (Å²) in [5.74, 6) is -2.59. The Kier molecular flexibility index (Phi) is 9.18. The van der Waals surface area contributed by atoms with Crippen molar-refractivity contribution in [2.45, 2.75) is 33.1 Å². The van der Waals surface area contributed by atoms with Crippen LogP contribution in [-0.4, -0.2) is 36.6 Å². The fourth-order valence-corrected chi connectivity index (χ4v) is 6.51. The molecule has 1 aliphatic rings. The van der Waals surface area contributed by atoms with E-state index in [0.717, 1.165) is 28.7 Å². The van der Waals surface area contributed by atoms with E-state index in [4.69, 9.17) is 21.1 Å². The van der Waals surface area contributed by atoms with Gasteiger partial charge in [0.05, 0.1) is 29.0 Å². The van der Waals surface area contributed by atoms with Gasteiger partial charge in [-0.05, 0) is 66.6 Å². The lowest BCUT2D eigenvalue weighted by molar-refractivity contribution is -0.136. The van der Waals surface area contributed by atoms with Crippen LogP contribution in [0.2, 0.25) is 5.02 Å². The molecule has 0 saturated carbocycles. The second-order valence-electron chi connectivity index (χ2n) is 10.00. The van der Waals surface area contributed by atoms with Gasteiger partial charge in [0, 0.05) is 10.4 Å². The summed E-state index contributed by atoms with van der Waals surface area (Å²) in [6, 6.07) is 17.3. The SMILES string of the molecule is CCOC(=O)c1c(NC(=O)C(=O)N/N=C\c2c(OC(=O)c3ccccc3Cl)ccc3ccccc23)sc2c1CC[C@H](C)C2. The number of hydrogen-bond acceptors (Lipinski definition) is 8. The number of ether oxygens (including phenoxy) is 2. The Bertz CT molecular complexity index is 1770. The first-order chi connectivity index (χ1) is 20.8. The van der Waals surface area contributed by atoms with E-state index in [1.54, 1.807) is 43.3 Å². The van der Waals surface area contributed by atoms with Crippen molar-refractivity contribution >= 4 is 68.7 Å². The second-order valence-corrected chi connectivity index (χ2v) is 11.5. The van der Waals surface area contributed by atoms with Gasteiger partial charge in [0.2, 0.25) is 0 Å². The number of hydrogen-bond donors (Lipinski definition) is 2. The molecule has 0 aliphatic heterocycles. The number of nitrogens with zero attached hydrogens (tertiary/aromatic N) is 1. The first-order valence-corrected chi connectivity index (χ1v) is 14.9. The predicted octanol–water partition coefficient (Wildman–Crippen LogP) is 6.16. The molecular formula is C32H28ClN3O6S. The summed E-state index contributed by atoms with van der Waals surface area (Å²) in [5.41, 5.74) is 3.99. The molecule has 2 amide bonds. The molecule has 1 aromatic heterocycles. The number of esters is 2. The van der Waals surface area contributed by atoms with Crippen molar-refractivity contribution in [1.82, 2.24) is 5.43 Å². The average molecular weight is 618 g/mol. The molecule has 1 aliphatic carbocycles. The van der Waals surface area contributed by atoms with Gasteiger partial charge in [0.1, 0.15) is 10.8 Å². The smallest absolute Gasteiger partial charge is 0.345 e. The maximum absolute atomic E-state index is 12.9. The van der Waals surface area contributed by atoms with Crippen LogP contribution in [0.1, 0.15) is 57.0 Å². The molecule has 9 nitrogen and oxygen atoms in total. The van der Waals surface area contributed by atoms with Crippen molar-refractivity contribution in [3.05, 3.63) is 92.8 Å². The molecule has 4 aromatic rings. The Labute approximate surface area is 256 Å². The minimum absolute atomic E-state index is 0.184. The topological polar surface area (TPSA) is 123 Å². The predicted molar refractivity (Wildman–Crippen MR) is 166 cm³/mol. The van der Waals surface area contributed by atoms with Crippen LogP contribution in [-0.2, 0) is 27.2 Å². The summed E-state index contributed by atoms with van der Waals surface area (Å²) in [6.45, 7) is 4.03. The third-order valence-corrected chi connectivity index (χ3v) is 8.51. The highest BCUT2D eigenvalue weighted by atomic mass is 35.5. The van der Waals surface area contributed by atoms with E-state index < -0.39 is 23.8 Å². The maximum atomic E-state index is 12.9. The third kappa shape index (κ3) is 6.60. The Morgan fingerprint density at radius 3 is 2.58 bits per heavy atom. The van der Waals surface area contributed by atoms with Gasteiger partial charge in [0.15, 0.2) is 0 Å². The van der Waals surface area contributed by atoms with Crippen LogP contribution >= 0.6 is 22.9 Å². The molecule has 0 unspecified atom stereocenters. The third-order valence-electron chi connectivity index (χ3n) is 7.01. The lowest BCUT2D eigenvalue weighted by Crippen LogP contribution is -2.32. The molecule has 5 rings (SSSR count). The van der Waals surface area contributed by atoms with Crippen molar-refractivity contribution < 1.29 is 28.7 Å². The van der Waals surface area contributed by atoms with Crippen LogP contribution in [0.5, 0.6) is 5.75 Å². The Hall–Kier alpha value is -4.54. The number of hydrazone groups is 1. The van der Waals surface area contributed by atoms with Crippen LogP contribution in [0.3, 0.4) is 0 Å². The molecule has 0 radical (unpaired) electrons. The fraction of sp³-hybridized carbons (Fsp3) is 0.219. The average Bonchev–Trinajstić information content (AvgIpc) is 3.34. The van der Waals surface area contributed by atoms with Gasteiger partial charge in [-0.15, -0.1) is 11.3 Å². The quantitative estimate of drug-likeness (QED) is 0.0841. The number of carbonyl (C=O) groups is 4. The van der Waals surface area contributed by atoms with Gasteiger partial charge in [-0.25, -0.2) is 15.0 Å². The molecular weight excluding hydrogens is 590 g/mol. The number of carbonyl (C=O) groups excluding carboxylic acids is 4. The molecule has 0 spiro atoms. The Morgan fingerprint density at radius 1 is 1.02 bits per heavy atom. The summed E-state index contributed by atoms with van der Waals surface area (Å²) in [4.78, 5) is 52.2. The van der Waals surface area contributed by atoms with Gasteiger partial charge in [-0.1, -0.05) is 61.0 Å². The Balaban J connectivity index is 1.35. The lowest BCUT2D eigenvalue weighted by atomic mass is 9.88. The van der Waals surface area contributed by atoms with E-state index in [2.05, 4.69) is 22.8 Å². The van der Waals surface area contributed by atoms with Gasteiger partial charge >= 0.3 is 23.8 Å². The van der Waals surface area contributed by atoms with Crippen molar-refractivity contribution in [2.24, 2.45) is 11.0 Å². The minimum atomic E-state index is -1.04. The van der Waals surface area contributed by atoms with Crippen LogP contribution in [0.4, 0.5) is 5.00 Å². The van der Waals surface area contributed by atoms with E-state index in [9.17, 15) is 19.2 Å². The fourth-order valence-electron chi connectivity index (χ4n) is 4.90. The first-order valence-electron chi connectivity index (χ1n) is 13.7. The molecule has 1 heterocycles. The normalized spacial score (nSPS) is 14.3. The molecule has 3 aromatic carbocycles. The van der Waals surface area contributed by atoms with Crippen LogP contribution in [0.15, 0.2) is 65.8 Å². The van der Waals surface area contributed by atoms with Crippen LogP contribution in [0, 0.1) is 5.92 Å². The van der Waals surface area contributed by atoms with Crippen molar-refractivity contribution in [3.8, 4) is 5.75 Å². The number of anilines is 1. The molecule has 11 heteroatoms. The highest BCUT2D eigenvalue weighted by Gasteiger charge is 2.30. The van der Waals surface area contributed by atoms with Gasteiger partial charge in [0.25, 0.3) is 0 Å². The molecule has 0 bridgehead atoms. The van der Waals surface area contributed by atoms with E-state index in [1.807, 2.05) is 24.3 Å². The zero-order chi connectivity index (χ0) is 30.5. The number of thiophene rings is 1. The number of benzene rings is 3. The highest BCUT2D eigenvalue weighted by molar-refractivity contribution is 7.17. The zero-order valence-electron chi connectivity index (χ0n) is 23.4. The molecule has 43 heavy (non-hydrogen) atoms.